The molecule has 2 rings (SSSR count). The molecule has 0 fully saturated rings. The van der Waals surface area contributed by atoms with Crippen molar-refractivity contribution in [2.75, 3.05) is 0 Å². The minimum absolute atomic E-state index is 0.0614. The fourth-order valence-electron chi connectivity index (χ4n) is 1.51. The Kier molecular flexibility index (Phi) is 2.24. The molecule has 1 aromatic carbocycles. The van der Waals surface area contributed by atoms with Crippen LogP contribution in [0.25, 0.3) is 0 Å². The first-order valence-corrected chi connectivity index (χ1v) is 4.62. The molecule has 1 aromatic heterocycles. The summed E-state index contributed by atoms with van der Waals surface area (Å²) in [5.41, 5.74) is 1.09. The number of rotatable bonds is 3. The van der Waals surface area contributed by atoms with Crippen molar-refractivity contribution in [3.63, 3.8) is 0 Å². The second-order valence-electron chi connectivity index (χ2n) is 3.07. The Bertz CT molecular complexity index is 397. The van der Waals surface area contributed by atoms with Gasteiger partial charge in [-0.05, 0) is 12.0 Å². The van der Waals surface area contributed by atoms with E-state index < -0.39 is 0 Å². The molecule has 3 heteroatoms. The molecule has 1 heterocycles. The van der Waals surface area contributed by atoms with Gasteiger partial charge in [0.1, 0.15) is 0 Å². The van der Waals surface area contributed by atoms with Crippen LogP contribution in [0.1, 0.15) is 26.3 Å². The zero-order valence-corrected chi connectivity index (χ0v) is 8.04. The van der Waals surface area contributed by atoms with E-state index >= 15 is 0 Å². The highest BCUT2D eigenvalue weighted by atomic mass is 15.4. The minimum Gasteiger partial charge on any atom is -0.245 e. The van der Waals surface area contributed by atoms with Gasteiger partial charge in [0.15, 0.2) is 0 Å². The summed E-state index contributed by atoms with van der Waals surface area (Å²) in [4.78, 5) is 0. The van der Waals surface area contributed by atoms with Crippen molar-refractivity contribution < 1.29 is 1.37 Å². The number of benzene rings is 1. The van der Waals surface area contributed by atoms with Gasteiger partial charge in [0.05, 0.1) is 12.2 Å². The standard InChI is InChI=1S/C11H13N3/c1-2-11(14-9-8-12-13-14)10-6-4-3-5-7-10/h3-9,11H,2H2,1H3/t11-/m1/s1/i2D/t2?,11-. The Morgan fingerprint density at radius 2 is 2.21 bits per heavy atom. The molecule has 0 spiro atoms. The molecule has 72 valence electrons. The van der Waals surface area contributed by atoms with Crippen LogP contribution in [0.4, 0.5) is 0 Å². The summed E-state index contributed by atoms with van der Waals surface area (Å²) in [6, 6.07) is 9.88. The van der Waals surface area contributed by atoms with Crippen LogP contribution in [0, 0.1) is 0 Å². The molecular weight excluding hydrogens is 174 g/mol. The fourth-order valence-corrected chi connectivity index (χ4v) is 1.51. The average molecular weight is 188 g/mol. The van der Waals surface area contributed by atoms with Gasteiger partial charge in [-0.3, -0.25) is 0 Å². The van der Waals surface area contributed by atoms with Crippen LogP contribution in [-0.4, -0.2) is 15.0 Å². The van der Waals surface area contributed by atoms with E-state index in [1.165, 1.54) is 0 Å². The summed E-state index contributed by atoms with van der Waals surface area (Å²) >= 11 is 0. The summed E-state index contributed by atoms with van der Waals surface area (Å²) in [5.74, 6) is 0. The lowest BCUT2D eigenvalue weighted by Gasteiger charge is -2.14. The molecule has 0 aliphatic heterocycles. The van der Waals surface area contributed by atoms with E-state index in [2.05, 4.69) is 10.3 Å². The van der Waals surface area contributed by atoms with Gasteiger partial charge in [0, 0.05) is 7.57 Å². The summed E-state index contributed by atoms with van der Waals surface area (Å²) < 4.78 is 9.59. The average Bonchev–Trinajstić information content (AvgIpc) is 2.72. The van der Waals surface area contributed by atoms with Gasteiger partial charge < -0.3 is 0 Å². The molecule has 3 nitrogen and oxygen atoms in total. The maximum Gasteiger partial charge on any atom is 0.0783 e. The van der Waals surface area contributed by atoms with Gasteiger partial charge in [-0.15, -0.1) is 5.10 Å². The van der Waals surface area contributed by atoms with E-state index in [1.807, 2.05) is 37.3 Å². The van der Waals surface area contributed by atoms with Gasteiger partial charge in [-0.2, -0.15) is 0 Å². The predicted octanol–water partition coefficient (Wildman–Crippen LogP) is 2.28. The maximum atomic E-state index is 7.86. The molecule has 0 amide bonds. The Hall–Kier alpha value is -1.64. The second-order valence-corrected chi connectivity index (χ2v) is 3.07. The first-order valence-electron chi connectivity index (χ1n) is 5.20. The lowest BCUT2D eigenvalue weighted by molar-refractivity contribution is 0.493. The molecule has 0 bridgehead atoms. The quantitative estimate of drug-likeness (QED) is 0.739. The lowest BCUT2D eigenvalue weighted by atomic mass is 10.1. The molecule has 0 aliphatic carbocycles. The zero-order chi connectivity index (χ0) is 10.7. The van der Waals surface area contributed by atoms with Crippen molar-refractivity contribution in [1.29, 1.82) is 0 Å². The molecule has 0 radical (unpaired) electrons. The Morgan fingerprint density at radius 3 is 2.79 bits per heavy atom. The van der Waals surface area contributed by atoms with E-state index in [0.717, 1.165) is 5.56 Å². The van der Waals surface area contributed by atoms with Crippen molar-refractivity contribution in [2.45, 2.75) is 19.4 Å². The van der Waals surface area contributed by atoms with E-state index in [0.29, 0.717) is 0 Å². The molecular formula is C11H13N3. The van der Waals surface area contributed by atoms with Crippen LogP contribution >= 0.6 is 0 Å². The SMILES string of the molecule is [2H]C(C)[C@H](c1ccccc1)n1ccnn1. The normalized spacial score (nSPS) is 15.9. The van der Waals surface area contributed by atoms with Crippen molar-refractivity contribution in [3.8, 4) is 0 Å². The molecule has 14 heavy (non-hydrogen) atoms. The highest BCUT2D eigenvalue weighted by Crippen LogP contribution is 2.19. The molecule has 0 aliphatic rings. The Morgan fingerprint density at radius 1 is 1.43 bits per heavy atom. The van der Waals surface area contributed by atoms with Gasteiger partial charge >= 0.3 is 0 Å². The van der Waals surface area contributed by atoms with E-state index in [9.17, 15) is 0 Å². The zero-order valence-electron chi connectivity index (χ0n) is 9.04. The summed E-state index contributed by atoms with van der Waals surface area (Å²) in [5, 5.41) is 7.74. The van der Waals surface area contributed by atoms with Crippen LogP contribution in [-0.2, 0) is 0 Å². The topological polar surface area (TPSA) is 30.7 Å². The van der Waals surface area contributed by atoms with E-state index in [-0.39, 0.29) is 12.4 Å². The van der Waals surface area contributed by atoms with Gasteiger partial charge in [-0.1, -0.05) is 42.5 Å². The first-order chi connectivity index (χ1) is 7.29. The number of aromatic nitrogens is 3. The molecule has 2 atom stereocenters. The van der Waals surface area contributed by atoms with Crippen molar-refractivity contribution >= 4 is 0 Å². The minimum atomic E-state index is -0.255. The summed E-state index contributed by atoms with van der Waals surface area (Å²) in [6.45, 7) is 1.86. The largest absolute Gasteiger partial charge is 0.245 e. The van der Waals surface area contributed by atoms with Crippen LogP contribution in [0.5, 0.6) is 0 Å². The smallest absolute Gasteiger partial charge is 0.0783 e. The molecule has 2 aromatic rings. The van der Waals surface area contributed by atoms with Crippen LogP contribution in [0.3, 0.4) is 0 Å². The predicted molar refractivity (Wildman–Crippen MR) is 54.9 cm³/mol. The van der Waals surface area contributed by atoms with Gasteiger partial charge in [0.2, 0.25) is 0 Å². The number of nitrogens with zero attached hydrogens (tertiary/aromatic N) is 3. The molecule has 0 saturated heterocycles. The highest BCUT2D eigenvalue weighted by Gasteiger charge is 2.10. The van der Waals surface area contributed by atoms with Gasteiger partial charge in [-0.25, -0.2) is 4.68 Å². The van der Waals surface area contributed by atoms with Crippen LogP contribution in [0.15, 0.2) is 42.7 Å². The van der Waals surface area contributed by atoms with Crippen LogP contribution < -0.4 is 0 Å². The van der Waals surface area contributed by atoms with Crippen molar-refractivity contribution in [3.05, 3.63) is 48.3 Å². The van der Waals surface area contributed by atoms with Crippen LogP contribution in [0.2, 0.25) is 0 Å². The Labute approximate surface area is 84.8 Å². The second kappa shape index (κ2) is 4.05. The highest BCUT2D eigenvalue weighted by molar-refractivity contribution is 5.19. The van der Waals surface area contributed by atoms with E-state index in [1.54, 1.807) is 17.1 Å². The molecule has 1 unspecified atom stereocenters. The molecule has 0 saturated carbocycles. The molecule has 0 N–H and O–H groups in total. The van der Waals surface area contributed by atoms with Gasteiger partial charge in [0.25, 0.3) is 0 Å². The number of hydrogen-bond donors (Lipinski definition) is 0. The first kappa shape index (κ1) is 7.74. The fraction of sp³-hybridized carbons (Fsp3) is 0.273. The third kappa shape index (κ3) is 1.66. The third-order valence-corrected chi connectivity index (χ3v) is 2.18. The lowest BCUT2D eigenvalue weighted by Crippen LogP contribution is -2.10. The monoisotopic (exact) mass is 188 g/mol. The maximum absolute atomic E-state index is 7.86. The van der Waals surface area contributed by atoms with Crippen molar-refractivity contribution in [1.82, 2.24) is 15.0 Å². The summed E-state index contributed by atoms with van der Waals surface area (Å²) in [7, 11) is 0. The number of hydrogen-bond acceptors (Lipinski definition) is 2. The van der Waals surface area contributed by atoms with E-state index in [4.69, 9.17) is 1.37 Å². The third-order valence-electron chi connectivity index (χ3n) is 2.18. The Balaban J connectivity index is 2.37. The summed E-state index contributed by atoms with van der Waals surface area (Å²) in [6.07, 6.45) is 3.18. The van der Waals surface area contributed by atoms with Crippen molar-refractivity contribution in [2.24, 2.45) is 0 Å².